The van der Waals surface area contributed by atoms with Gasteiger partial charge in [-0.3, -0.25) is 4.90 Å². The van der Waals surface area contributed by atoms with Crippen LogP contribution in [0.5, 0.6) is 0 Å². The Kier molecular flexibility index (Phi) is 6.04. The Hall–Kier alpha value is -2.48. The van der Waals surface area contributed by atoms with E-state index in [4.69, 9.17) is 4.42 Å². The maximum absolute atomic E-state index is 12.7. The highest BCUT2D eigenvalue weighted by atomic mass is 32.2. The summed E-state index contributed by atoms with van der Waals surface area (Å²) in [5.74, 6) is 0.817. The molecule has 0 spiro atoms. The summed E-state index contributed by atoms with van der Waals surface area (Å²) < 4.78 is 33.0. The molecule has 1 N–H and O–H groups in total. The second kappa shape index (κ2) is 8.71. The van der Waals surface area contributed by atoms with E-state index in [1.807, 2.05) is 12.1 Å². The third-order valence-corrected chi connectivity index (χ3v) is 7.07. The molecule has 6 nitrogen and oxygen atoms in total. The smallest absolute Gasteiger partial charge is 0.336 e. The van der Waals surface area contributed by atoms with Crippen molar-refractivity contribution >= 4 is 21.0 Å². The molecule has 2 heterocycles. The van der Waals surface area contributed by atoms with Crippen LogP contribution in [-0.2, 0) is 23.1 Å². The fourth-order valence-corrected chi connectivity index (χ4v) is 4.77. The van der Waals surface area contributed by atoms with Gasteiger partial charge < -0.3 is 4.42 Å². The van der Waals surface area contributed by atoms with Crippen LogP contribution in [-0.4, -0.2) is 26.4 Å². The molecule has 0 saturated carbocycles. The summed E-state index contributed by atoms with van der Waals surface area (Å²) in [7, 11) is -3.68. The number of fused-ring (bicyclic) bond motifs is 1. The molecule has 0 bridgehead atoms. The van der Waals surface area contributed by atoms with Crippen molar-refractivity contribution in [3.8, 4) is 0 Å². The zero-order valence-corrected chi connectivity index (χ0v) is 17.8. The average molecular weight is 427 g/mol. The van der Waals surface area contributed by atoms with E-state index in [1.165, 1.54) is 42.7 Å². The summed E-state index contributed by atoms with van der Waals surface area (Å²) in [4.78, 5) is 13.9. The number of piperidine rings is 1. The number of benzene rings is 2. The van der Waals surface area contributed by atoms with Crippen molar-refractivity contribution in [2.75, 3.05) is 13.1 Å². The monoisotopic (exact) mass is 426 g/mol. The van der Waals surface area contributed by atoms with E-state index in [1.54, 1.807) is 6.07 Å². The highest BCUT2D eigenvalue weighted by Crippen LogP contribution is 2.20. The van der Waals surface area contributed by atoms with Crippen LogP contribution in [0.4, 0.5) is 0 Å². The van der Waals surface area contributed by atoms with E-state index >= 15 is 0 Å². The summed E-state index contributed by atoms with van der Waals surface area (Å²) >= 11 is 0. The number of nitrogens with zero attached hydrogens (tertiary/aromatic N) is 1. The Balaban J connectivity index is 1.38. The number of rotatable bonds is 6. The van der Waals surface area contributed by atoms with E-state index in [9.17, 15) is 13.2 Å². The van der Waals surface area contributed by atoms with Crippen LogP contribution in [0.15, 0.2) is 68.7 Å². The van der Waals surface area contributed by atoms with Crippen LogP contribution in [0.1, 0.15) is 30.9 Å². The van der Waals surface area contributed by atoms with Crippen LogP contribution in [0, 0.1) is 5.92 Å². The number of likely N-dealkylation sites (tertiary alicyclic amines) is 1. The molecule has 0 aliphatic carbocycles. The summed E-state index contributed by atoms with van der Waals surface area (Å²) in [5, 5.41) is 0.564. The molecule has 1 aliphatic heterocycles. The van der Waals surface area contributed by atoms with Gasteiger partial charge in [0.15, 0.2) is 0 Å². The first kappa shape index (κ1) is 20.8. The molecule has 2 aromatic carbocycles. The number of sulfonamides is 1. The molecular formula is C23H26N2O4S. The molecule has 4 rings (SSSR count). The SMILES string of the molecule is CC1CCN(Cc2ccc(CNS(=O)(=O)c3ccc4oc(=O)ccc4c3)cc2)CC1. The quantitative estimate of drug-likeness (QED) is 0.610. The molecule has 0 amide bonds. The number of hydrogen-bond donors (Lipinski definition) is 1. The van der Waals surface area contributed by atoms with Crippen LogP contribution in [0.2, 0.25) is 0 Å². The molecule has 158 valence electrons. The molecule has 0 unspecified atom stereocenters. The van der Waals surface area contributed by atoms with Crippen LogP contribution >= 0.6 is 0 Å². The van der Waals surface area contributed by atoms with Gasteiger partial charge in [-0.05, 0) is 67.2 Å². The second-order valence-corrected chi connectivity index (χ2v) is 9.82. The van der Waals surface area contributed by atoms with E-state index in [0.717, 1.165) is 31.1 Å². The molecule has 1 aromatic heterocycles. The molecule has 0 radical (unpaired) electrons. The Labute approximate surface area is 176 Å². The van der Waals surface area contributed by atoms with Crippen molar-refractivity contribution in [1.82, 2.24) is 9.62 Å². The molecular weight excluding hydrogens is 400 g/mol. The van der Waals surface area contributed by atoms with Gasteiger partial charge in [0.25, 0.3) is 0 Å². The number of hydrogen-bond acceptors (Lipinski definition) is 5. The lowest BCUT2D eigenvalue weighted by Gasteiger charge is -2.30. The molecule has 1 saturated heterocycles. The van der Waals surface area contributed by atoms with E-state index in [0.29, 0.717) is 11.0 Å². The molecule has 7 heteroatoms. The van der Waals surface area contributed by atoms with Crippen LogP contribution in [0.3, 0.4) is 0 Å². The average Bonchev–Trinajstić information content (AvgIpc) is 2.74. The molecule has 1 aliphatic rings. The molecule has 1 fully saturated rings. The molecule has 3 aromatic rings. The summed E-state index contributed by atoms with van der Waals surface area (Å²) in [6, 6.07) is 15.4. The summed E-state index contributed by atoms with van der Waals surface area (Å²) in [6.45, 7) is 5.73. The number of nitrogens with one attached hydrogen (secondary N) is 1. The van der Waals surface area contributed by atoms with Crippen molar-refractivity contribution in [3.05, 3.63) is 76.1 Å². The second-order valence-electron chi connectivity index (χ2n) is 8.05. The van der Waals surface area contributed by atoms with Crippen molar-refractivity contribution < 1.29 is 12.8 Å². The predicted octanol–water partition coefficient (Wildman–Crippen LogP) is 3.50. The van der Waals surface area contributed by atoms with Gasteiger partial charge in [-0.25, -0.2) is 17.9 Å². The topological polar surface area (TPSA) is 79.6 Å². The van der Waals surface area contributed by atoms with Gasteiger partial charge in [-0.2, -0.15) is 0 Å². The minimum atomic E-state index is -3.68. The summed E-state index contributed by atoms with van der Waals surface area (Å²) in [6.07, 6.45) is 2.50. The van der Waals surface area contributed by atoms with Gasteiger partial charge in [0.05, 0.1) is 4.90 Å². The first-order valence-electron chi connectivity index (χ1n) is 10.2. The van der Waals surface area contributed by atoms with Crippen molar-refractivity contribution in [2.45, 2.75) is 37.8 Å². The molecule has 0 atom stereocenters. The van der Waals surface area contributed by atoms with Gasteiger partial charge in [-0.1, -0.05) is 31.2 Å². The first-order valence-corrected chi connectivity index (χ1v) is 11.7. The van der Waals surface area contributed by atoms with Gasteiger partial charge in [0, 0.05) is 24.5 Å². The fraction of sp³-hybridized carbons (Fsp3) is 0.348. The van der Waals surface area contributed by atoms with Gasteiger partial charge >= 0.3 is 5.63 Å². The van der Waals surface area contributed by atoms with E-state index in [2.05, 4.69) is 28.7 Å². The Morgan fingerprint density at radius 3 is 2.43 bits per heavy atom. The Bertz CT molecular complexity index is 1180. The van der Waals surface area contributed by atoms with E-state index < -0.39 is 15.6 Å². The highest BCUT2D eigenvalue weighted by Gasteiger charge is 2.16. The molecule has 30 heavy (non-hydrogen) atoms. The minimum absolute atomic E-state index is 0.139. The van der Waals surface area contributed by atoms with E-state index in [-0.39, 0.29) is 11.4 Å². The zero-order valence-electron chi connectivity index (χ0n) is 17.0. The highest BCUT2D eigenvalue weighted by molar-refractivity contribution is 7.89. The largest absolute Gasteiger partial charge is 0.423 e. The maximum atomic E-state index is 12.7. The predicted molar refractivity (Wildman–Crippen MR) is 117 cm³/mol. The van der Waals surface area contributed by atoms with Crippen molar-refractivity contribution in [2.24, 2.45) is 5.92 Å². The third kappa shape index (κ3) is 4.98. The zero-order chi connectivity index (χ0) is 21.1. The Morgan fingerprint density at radius 2 is 1.70 bits per heavy atom. The normalized spacial score (nSPS) is 16.2. The maximum Gasteiger partial charge on any atom is 0.336 e. The van der Waals surface area contributed by atoms with Crippen molar-refractivity contribution in [1.29, 1.82) is 0 Å². The lowest BCUT2D eigenvalue weighted by molar-refractivity contribution is 0.185. The fourth-order valence-electron chi connectivity index (χ4n) is 3.72. The third-order valence-electron chi connectivity index (χ3n) is 5.67. The summed E-state index contributed by atoms with van der Waals surface area (Å²) in [5.41, 5.74) is 2.04. The van der Waals surface area contributed by atoms with Crippen molar-refractivity contribution in [3.63, 3.8) is 0 Å². The van der Waals surface area contributed by atoms with Crippen LogP contribution in [0.25, 0.3) is 11.0 Å². The van der Waals surface area contributed by atoms with Crippen LogP contribution < -0.4 is 10.3 Å². The van der Waals surface area contributed by atoms with Gasteiger partial charge in [0.2, 0.25) is 10.0 Å². The lowest BCUT2D eigenvalue weighted by atomic mass is 9.99. The van der Waals surface area contributed by atoms with Gasteiger partial charge in [0.1, 0.15) is 5.58 Å². The minimum Gasteiger partial charge on any atom is -0.423 e. The Morgan fingerprint density at radius 1 is 1.00 bits per heavy atom. The standard InChI is InChI=1S/C23H26N2O4S/c1-17-10-12-25(13-11-17)16-19-4-2-18(3-5-19)15-24-30(27,28)21-7-8-22-20(14-21)6-9-23(26)29-22/h2-9,14,17,24H,10-13,15-16H2,1H3. The first-order chi connectivity index (χ1) is 14.4. The lowest BCUT2D eigenvalue weighted by Crippen LogP contribution is -2.32. The van der Waals surface area contributed by atoms with Gasteiger partial charge in [-0.15, -0.1) is 0 Å².